The van der Waals surface area contributed by atoms with Gasteiger partial charge in [-0.3, -0.25) is 9.69 Å². The molecule has 0 saturated carbocycles. The zero-order valence-electron chi connectivity index (χ0n) is 19.0. The first-order chi connectivity index (χ1) is 15.1. The minimum Gasteiger partial charge on any atom is -0.335 e. The third-order valence-electron chi connectivity index (χ3n) is 7.44. The van der Waals surface area contributed by atoms with E-state index in [9.17, 15) is 4.79 Å². The fourth-order valence-electron chi connectivity index (χ4n) is 5.57. The lowest BCUT2D eigenvalue weighted by molar-refractivity contribution is 0.0447. The predicted molar refractivity (Wildman–Crippen MR) is 123 cm³/mol. The lowest BCUT2D eigenvalue weighted by atomic mass is 10.0. The molecule has 6 nitrogen and oxygen atoms in total. The summed E-state index contributed by atoms with van der Waals surface area (Å²) in [4.78, 5) is 20.5. The van der Waals surface area contributed by atoms with E-state index in [0.29, 0.717) is 11.7 Å². The molecule has 2 aliphatic heterocycles. The van der Waals surface area contributed by atoms with E-state index in [2.05, 4.69) is 48.0 Å². The van der Waals surface area contributed by atoms with E-state index in [4.69, 9.17) is 5.10 Å². The Labute approximate surface area is 185 Å². The van der Waals surface area contributed by atoms with Gasteiger partial charge in [0.05, 0.1) is 5.69 Å². The monoisotopic (exact) mass is 421 g/mol. The normalized spacial score (nSPS) is 22.6. The van der Waals surface area contributed by atoms with Gasteiger partial charge in [-0.05, 0) is 69.8 Å². The highest BCUT2D eigenvalue weighted by atomic mass is 16.2. The predicted octanol–water partition coefficient (Wildman–Crippen LogP) is 2.78. The van der Waals surface area contributed by atoms with Crippen LogP contribution in [0.3, 0.4) is 0 Å². The Bertz CT molecular complexity index is 926. The molecule has 6 heteroatoms. The number of rotatable bonds is 4. The summed E-state index contributed by atoms with van der Waals surface area (Å²) in [6.07, 6.45) is 6.69. The Morgan fingerprint density at radius 3 is 2.52 bits per heavy atom. The Morgan fingerprint density at radius 2 is 1.81 bits per heavy atom. The highest BCUT2D eigenvalue weighted by Crippen LogP contribution is 2.29. The van der Waals surface area contributed by atoms with Crippen LogP contribution in [0.5, 0.6) is 0 Å². The molecule has 1 aliphatic carbocycles. The number of piperidine rings is 1. The number of carbonyl (C=O) groups is 1. The van der Waals surface area contributed by atoms with Crippen LogP contribution in [0.4, 0.5) is 0 Å². The van der Waals surface area contributed by atoms with Crippen molar-refractivity contribution in [3.63, 3.8) is 0 Å². The fraction of sp³-hybridized carbons (Fsp3) is 0.600. The zero-order chi connectivity index (χ0) is 21.4. The molecule has 2 fully saturated rings. The number of amides is 1. The maximum absolute atomic E-state index is 13.5. The Kier molecular flexibility index (Phi) is 5.85. The topological polar surface area (TPSA) is 44.6 Å². The molecule has 2 aromatic rings. The Hall–Kier alpha value is -2.18. The molecule has 0 bridgehead atoms. The first kappa shape index (κ1) is 20.7. The van der Waals surface area contributed by atoms with Crippen LogP contribution < -0.4 is 0 Å². The maximum Gasteiger partial charge on any atom is 0.274 e. The van der Waals surface area contributed by atoms with Crippen LogP contribution in [0.15, 0.2) is 24.3 Å². The number of nitrogens with zero attached hydrogens (tertiary/aromatic N) is 5. The third-order valence-corrected chi connectivity index (χ3v) is 7.44. The van der Waals surface area contributed by atoms with Crippen molar-refractivity contribution in [3.8, 4) is 5.69 Å². The van der Waals surface area contributed by atoms with Gasteiger partial charge in [-0.15, -0.1) is 0 Å². The van der Waals surface area contributed by atoms with Gasteiger partial charge in [-0.2, -0.15) is 5.10 Å². The van der Waals surface area contributed by atoms with E-state index >= 15 is 0 Å². The number of fused-ring (bicyclic) bond motifs is 1. The molecule has 3 aliphatic rings. The quantitative estimate of drug-likeness (QED) is 0.762. The highest BCUT2D eigenvalue weighted by molar-refractivity contribution is 5.94. The second-order valence-electron chi connectivity index (χ2n) is 9.45. The third kappa shape index (κ3) is 4.03. The molecule has 1 unspecified atom stereocenters. The molecule has 1 amide bonds. The standard InChI is InChI=1S/C25H35N5O/c1-3-19-9-11-20(12-10-19)30-23-8-4-7-22(23)24(26-30)25(31)29-16-14-28(15-17-29)21-6-5-13-27(2)18-21/h9-12,21H,3-8,13-18H2,1-2H3. The van der Waals surface area contributed by atoms with Crippen LogP contribution in [-0.2, 0) is 19.3 Å². The molecular formula is C25H35N5O. The fourth-order valence-corrected chi connectivity index (χ4v) is 5.57. The van der Waals surface area contributed by atoms with E-state index < -0.39 is 0 Å². The van der Waals surface area contributed by atoms with Crippen LogP contribution in [0, 0.1) is 0 Å². The average molecular weight is 422 g/mol. The summed E-state index contributed by atoms with van der Waals surface area (Å²) in [5.41, 5.74) is 5.50. The summed E-state index contributed by atoms with van der Waals surface area (Å²) in [6.45, 7) is 8.12. The van der Waals surface area contributed by atoms with E-state index in [-0.39, 0.29) is 5.91 Å². The van der Waals surface area contributed by atoms with Crippen molar-refractivity contribution in [2.24, 2.45) is 0 Å². The number of piperazine rings is 1. The second kappa shape index (κ2) is 8.75. The van der Waals surface area contributed by atoms with Gasteiger partial charge in [-0.1, -0.05) is 19.1 Å². The number of carbonyl (C=O) groups excluding carboxylic acids is 1. The van der Waals surface area contributed by atoms with Crippen molar-refractivity contribution < 1.29 is 4.79 Å². The van der Waals surface area contributed by atoms with E-state index in [1.165, 1.54) is 36.2 Å². The first-order valence-electron chi connectivity index (χ1n) is 12.1. The van der Waals surface area contributed by atoms with Gasteiger partial charge in [-0.25, -0.2) is 4.68 Å². The smallest absolute Gasteiger partial charge is 0.274 e. The minimum absolute atomic E-state index is 0.127. The summed E-state index contributed by atoms with van der Waals surface area (Å²) < 4.78 is 2.03. The number of benzene rings is 1. The van der Waals surface area contributed by atoms with Gasteiger partial charge in [0, 0.05) is 50.0 Å². The van der Waals surface area contributed by atoms with Crippen molar-refractivity contribution in [1.82, 2.24) is 24.5 Å². The number of hydrogen-bond acceptors (Lipinski definition) is 4. The van der Waals surface area contributed by atoms with Crippen LogP contribution in [-0.4, -0.2) is 82.7 Å². The van der Waals surface area contributed by atoms with Crippen LogP contribution in [0.1, 0.15) is 53.5 Å². The number of aryl methyl sites for hydroxylation is 1. The second-order valence-corrected chi connectivity index (χ2v) is 9.45. The summed E-state index contributed by atoms with van der Waals surface area (Å²) in [7, 11) is 2.22. The number of likely N-dealkylation sites (N-methyl/N-ethyl adjacent to an activating group) is 1. The lowest BCUT2D eigenvalue weighted by Crippen LogP contribution is -2.55. The highest BCUT2D eigenvalue weighted by Gasteiger charge is 2.33. The number of likely N-dealkylation sites (tertiary alicyclic amines) is 1. The Morgan fingerprint density at radius 1 is 1.03 bits per heavy atom. The first-order valence-corrected chi connectivity index (χ1v) is 12.1. The van der Waals surface area contributed by atoms with Crippen LogP contribution in [0.25, 0.3) is 5.69 Å². The van der Waals surface area contributed by atoms with E-state index in [0.717, 1.165) is 64.1 Å². The zero-order valence-corrected chi connectivity index (χ0v) is 19.0. The molecule has 1 aromatic carbocycles. The van der Waals surface area contributed by atoms with E-state index in [1.54, 1.807) is 0 Å². The van der Waals surface area contributed by atoms with Crippen molar-refractivity contribution >= 4 is 5.91 Å². The molecule has 1 atom stereocenters. The molecule has 166 valence electrons. The summed E-state index contributed by atoms with van der Waals surface area (Å²) in [5, 5.41) is 4.86. The lowest BCUT2D eigenvalue weighted by Gasteiger charge is -2.42. The SMILES string of the molecule is CCc1ccc(-n2nc(C(=O)N3CCN(C4CCCN(C)C4)CC3)c3c2CCC3)cc1. The maximum atomic E-state index is 13.5. The van der Waals surface area contributed by atoms with Crippen molar-refractivity contribution in [1.29, 1.82) is 0 Å². The van der Waals surface area contributed by atoms with E-state index in [1.807, 2.05) is 9.58 Å². The largest absolute Gasteiger partial charge is 0.335 e. The molecule has 0 radical (unpaired) electrons. The summed E-state index contributed by atoms with van der Waals surface area (Å²) in [6, 6.07) is 9.26. The number of hydrogen-bond donors (Lipinski definition) is 0. The molecule has 2 saturated heterocycles. The summed E-state index contributed by atoms with van der Waals surface area (Å²) >= 11 is 0. The number of aromatic nitrogens is 2. The minimum atomic E-state index is 0.127. The van der Waals surface area contributed by atoms with Crippen LogP contribution >= 0.6 is 0 Å². The van der Waals surface area contributed by atoms with Crippen molar-refractivity contribution in [3.05, 3.63) is 46.8 Å². The van der Waals surface area contributed by atoms with Gasteiger partial charge < -0.3 is 9.80 Å². The van der Waals surface area contributed by atoms with Gasteiger partial charge in [0.2, 0.25) is 0 Å². The molecule has 0 spiro atoms. The molecule has 3 heterocycles. The molecular weight excluding hydrogens is 386 g/mol. The summed E-state index contributed by atoms with van der Waals surface area (Å²) in [5.74, 6) is 0.127. The molecule has 1 aromatic heterocycles. The van der Waals surface area contributed by atoms with Gasteiger partial charge in [0.25, 0.3) is 5.91 Å². The van der Waals surface area contributed by atoms with Crippen molar-refractivity contribution in [2.45, 2.75) is 51.5 Å². The molecule has 0 N–H and O–H groups in total. The molecule has 5 rings (SSSR count). The average Bonchev–Trinajstić information content (AvgIpc) is 3.42. The van der Waals surface area contributed by atoms with Crippen molar-refractivity contribution in [2.75, 3.05) is 46.3 Å². The van der Waals surface area contributed by atoms with Gasteiger partial charge in [0.15, 0.2) is 5.69 Å². The van der Waals surface area contributed by atoms with Gasteiger partial charge in [0.1, 0.15) is 0 Å². The molecule has 31 heavy (non-hydrogen) atoms. The van der Waals surface area contributed by atoms with Crippen LogP contribution in [0.2, 0.25) is 0 Å². The Balaban J connectivity index is 1.31. The van der Waals surface area contributed by atoms with Gasteiger partial charge >= 0.3 is 0 Å².